The number of hydrogen-bond donors (Lipinski definition) is 1. The Morgan fingerprint density at radius 3 is 2.89 bits per heavy atom. The number of hydrogen-bond acceptors (Lipinski definition) is 5. The summed E-state index contributed by atoms with van der Waals surface area (Å²) in [6.45, 7) is 4.85. The van der Waals surface area contributed by atoms with Gasteiger partial charge in [0.15, 0.2) is 5.69 Å². The molecule has 100 valence electrons. The molecule has 5 heteroatoms. The minimum atomic E-state index is -0.308. The fourth-order valence-corrected chi connectivity index (χ4v) is 2.96. The van der Waals surface area contributed by atoms with E-state index in [4.69, 9.17) is 10.5 Å². The molecular weight excluding hydrogens is 248 g/mol. The smallest absolute Gasteiger partial charge is 0.358 e. The lowest BCUT2D eigenvalue weighted by molar-refractivity contribution is 0.00824. The molecule has 1 aromatic heterocycles. The third-order valence-corrected chi connectivity index (χ3v) is 4.63. The number of aromatic nitrogens is 1. The van der Waals surface area contributed by atoms with Gasteiger partial charge in [0.2, 0.25) is 0 Å². The average molecular weight is 268 g/mol. The van der Waals surface area contributed by atoms with Gasteiger partial charge >= 0.3 is 5.97 Å². The topological polar surface area (TPSA) is 65.2 Å². The first kappa shape index (κ1) is 13.5. The number of carbonyl (C=O) groups is 1. The lowest BCUT2D eigenvalue weighted by atomic mass is 9.80. The van der Waals surface area contributed by atoms with Gasteiger partial charge in [0, 0.05) is 11.9 Å². The summed E-state index contributed by atoms with van der Waals surface area (Å²) in [4.78, 5) is 16.1. The van der Waals surface area contributed by atoms with E-state index in [0.717, 1.165) is 30.2 Å². The molecule has 3 atom stereocenters. The van der Waals surface area contributed by atoms with Gasteiger partial charge in [-0.2, -0.15) is 0 Å². The highest BCUT2D eigenvalue weighted by molar-refractivity contribution is 7.09. The van der Waals surface area contributed by atoms with Crippen LogP contribution in [0.25, 0.3) is 0 Å². The Bertz CT molecular complexity index is 419. The van der Waals surface area contributed by atoms with Crippen LogP contribution in [0.15, 0.2) is 5.38 Å². The second-order valence-corrected chi connectivity index (χ2v) is 6.07. The van der Waals surface area contributed by atoms with Crippen molar-refractivity contribution in [3.8, 4) is 0 Å². The monoisotopic (exact) mass is 268 g/mol. The Balaban J connectivity index is 1.91. The van der Waals surface area contributed by atoms with Gasteiger partial charge in [0.25, 0.3) is 0 Å². The third-order valence-electron chi connectivity index (χ3n) is 3.76. The van der Waals surface area contributed by atoms with Crippen molar-refractivity contribution in [3.63, 3.8) is 0 Å². The molecule has 0 saturated heterocycles. The quantitative estimate of drug-likeness (QED) is 0.856. The molecule has 1 fully saturated rings. The lowest BCUT2D eigenvalue weighted by Crippen LogP contribution is -2.28. The molecule has 1 heterocycles. The molecule has 2 rings (SSSR count). The van der Waals surface area contributed by atoms with Crippen molar-refractivity contribution < 1.29 is 9.53 Å². The summed E-state index contributed by atoms with van der Waals surface area (Å²) in [7, 11) is 0. The molecule has 0 amide bonds. The Morgan fingerprint density at radius 1 is 1.50 bits per heavy atom. The zero-order chi connectivity index (χ0) is 13.1. The van der Waals surface area contributed by atoms with Crippen LogP contribution in [0.3, 0.4) is 0 Å². The summed E-state index contributed by atoms with van der Waals surface area (Å²) in [5.74, 6) is 1.03. The zero-order valence-corrected chi connectivity index (χ0v) is 11.7. The van der Waals surface area contributed by atoms with Gasteiger partial charge in [0.05, 0.1) is 0 Å². The van der Waals surface area contributed by atoms with E-state index < -0.39 is 0 Å². The van der Waals surface area contributed by atoms with Crippen LogP contribution >= 0.6 is 11.3 Å². The van der Waals surface area contributed by atoms with Gasteiger partial charge in [-0.3, -0.25) is 0 Å². The Labute approximate surface area is 112 Å². The van der Waals surface area contributed by atoms with E-state index in [0.29, 0.717) is 18.2 Å². The molecule has 0 radical (unpaired) electrons. The van der Waals surface area contributed by atoms with Gasteiger partial charge in [-0.15, -0.1) is 11.3 Å². The summed E-state index contributed by atoms with van der Waals surface area (Å²) in [5.41, 5.74) is 5.87. The van der Waals surface area contributed by atoms with Crippen molar-refractivity contribution in [2.75, 3.05) is 0 Å². The highest BCUT2D eigenvalue weighted by atomic mass is 32.1. The van der Waals surface area contributed by atoms with Gasteiger partial charge in [-0.25, -0.2) is 9.78 Å². The van der Waals surface area contributed by atoms with Crippen LogP contribution in [0.2, 0.25) is 0 Å². The second kappa shape index (κ2) is 5.80. The van der Waals surface area contributed by atoms with E-state index in [-0.39, 0.29) is 12.1 Å². The number of nitrogens with zero attached hydrogens (tertiary/aromatic N) is 1. The highest BCUT2D eigenvalue weighted by Crippen LogP contribution is 2.31. The predicted molar refractivity (Wildman–Crippen MR) is 71.4 cm³/mol. The predicted octanol–water partition coefficient (Wildman–Crippen LogP) is 2.58. The first-order valence-electron chi connectivity index (χ1n) is 6.45. The summed E-state index contributed by atoms with van der Waals surface area (Å²) >= 11 is 1.40. The van der Waals surface area contributed by atoms with Crippen LogP contribution in [-0.2, 0) is 11.3 Å². The van der Waals surface area contributed by atoms with Gasteiger partial charge in [-0.05, 0) is 31.1 Å². The average Bonchev–Trinajstić information content (AvgIpc) is 2.82. The third kappa shape index (κ3) is 3.09. The first-order valence-corrected chi connectivity index (χ1v) is 7.33. The van der Waals surface area contributed by atoms with E-state index in [9.17, 15) is 4.79 Å². The first-order chi connectivity index (χ1) is 8.60. The number of nitrogens with two attached hydrogens (primary N) is 1. The molecule has 0 aliphatic heterocycles. The number of ether oxygens (including phenoxy) is 1. The molecule has 3 unspecified atom stereocenters. The van der Waals surface area contributed by atoms with E-state index in [1.807, 2.05) is 0 Å². The number of carbonyl (C=O) groups excluding carboxylic acids is 1. The van der Waals surface area contributed by atoms with Crippen LogP contribution in [0.1, 0.15) is 48.6 Å². The fraction of sp³-hybridized carbons (Fsp3) is 0.692. The molecule has 2 N–H and O–H groups in total. The van der Waals surface area contributed by atoms with E-state index in [2.05, 4.69) is 18.8 Å². The number of esters is 1. The van der Waals surface area contributed by atoms with Crippen molar-refractivity contribution >= 4 is 17.3 Å². The van der Waals surface area contributed by atoms with Gasteiger partial charge in [-0.1, -0.05) is 13.8 Å². The fourth-order valence-electron chi connectivity index (χ4n) is 2.32. The number of thiazole rings is 1. The Morgan fingerprint density at radius 2 is 2.28 bits per heavy atom. The maximum atomic E-state index is 11.9. The summed E-state index contributed by atoms with van der Waals surface area (Å²) in [6, 6.07) is 0. The van der Waals surface area contributed by atoms with Crippen LogP contribution < -0.4 is 5.73 Å². The van der Waals surface area contributed by atoms with E-state index in [1.165, 1.54) is 11.3 Å². The normalized spacial score (nSPS) is 28.1. The highest BCUT2D eigenvalue weighted by Gasteiger charge is 2.27. The molecule has 18 heavy (non-hydrogen) atoms. The maximum absolute atomic E-state index is 11.9. The van der Waals surface area contributed by atoms with Gasteiger partial charge < -0.3 is 10.5 Å². The minimum absolute atomic E-state index is 0.0479. The largest absolute Gasteiger partial charge is 0.458 e. The Hall–Kier alpha value is -0.940. The Kier molecular flexibility index (Phi) is 4.35. The SMILES string of the molecule is CC1CCC(OC(=O)c2csc(CN)n2)CC1C. The minimum Gasteiger partial charge on any atom is -0.458 e. The van der Waals surface area contributed by atoms with Crippen LogP contribution in [-0.4, -0.2) is 17.1 Å². The maximum Gasteiger partial charge on any atom is 0.358 e. The molecular formula is C13H20N2O2S. The second-order valence-electron chi connectivity index (χ2n) is 5.13. The molecule has 0 spiro atoms. The van der Waals surface area contributed by atoms with Gasteiger partial charge in [0.1, 0.15) is 11.1 Å². The lowest BCUT2D eigenvalue weighted by Gasteiger charge is -2.31. The molecule has 1 aliphatic rings. The summed E-state index contributed by atoms with van der Waals surface area (Å²) in [5, 5.41) is 2.49. The van der Waals surface area contributed by atoms with E-state index in [1.54, 1.807) is 5.38 Å². The molecule has 1 aliphatic carbocycles. The standard InChI is InChI=1S/C13H20N2O2S/c1-8-3-4-10(5-9(8)2)17-13(16)11-7-18-12(6-14)15-11/h7-10H,3-6,14H2,1-2H3. The van der Waals surface area contributed by atoms with Crippen molar-refractivity contribution in [1.82, 2.24) is 4.98 Å². The van der Waals surface area contributed by atoms with Crippen molar-refractivity contribution in [3.05, 3.63) is 16.1 Å². The molecule has 1 saturated carbocycles. The molecule has 4 nitrogen and oxygen atoms in total. The zero-order valence-electron chi connectivity index (χ0n) is 10.9. The van der Waals surface area contributed by atoms with Crippen molar-refractivity contribution in [2.24, 2.45) is 17.6 Å². The summed E-state index contributed by atoms with van der Waals surface area (Å²) in [6.07, 6.45) is 3.10. The van der Waals surface area contributed by atoms with Crippen LogP contribution in [0.5, 0.6) is 0 Å². The van der Waals surface area contributed by atoms with Crippen LogP contribution in [0.4, 0.5) is 0 Å². The molecule has 0 bridgehead atoms. The van der Waals surface area contributed by atoms with E-state index >= 15 is 0 Å². The summed E-state index contributed by atoms with van der Waals surface area (Å²) < 4.78 is 5.52. The van der Waals surface area contributed by atoms with Crippen LogP contribution in [0, 0.1) is 11.8 Å². The van der Waals surface area contributed by atoms with Crippen molar-refractivity contribution in [2.45, 2.75) is 45.8 Å². The molecule has 1 aromatic rings. The molecule has 0 aromatic carbocycles. The number of rotatable bonds is 3. The van der Waals surface area contributed by atoms with Crippen molar-refractivity contribution in [1.29, 1.82) is 0 Å².